The highest BCUT2D eigenvalue weighted by molar-refractivity contribution is 7.98. The van der Waals surface area contributed by atoms with Crippen LogP contribution in [0.4, 0.5) is 4.39 Å². The summed E-state index contributed by atoms with van der Waals surface area (Å²) < 4.78 is 18.8. The Labute approximate surface area is 106 Å². The second-order valence-electron chi connectivity index (χ2n) is 4.46. The molecule has 1 aromatic carbocycles. The van der Waals surface area contributed by atoms with E-state index in [1.165, 1.54) is 6.07 Å². The lowest BCUT2D eigenvalue weighted by Crippen LogP contribution is -2.37. The summed E-state index contributed by atoms with van der Waals surface area (Å²) in [6.45, 7) is 2.98. The number of halogens is 1. The van der Waals surface area contributed by atoms with Crippen LogP contribution in [0.5, 0.6) is 5.75 Å². The second kappa shape index (κ2) is 5.74. The van der Waals surface area contributed by atoms with Crippen LogP contribution in [0.15, 0.2) is 18.2 Å². The summed E-state index contributed by atoms with van der Waals surface area (Å²) in [6.07, 6.45) is 3.03. The van der Waals surface area contributed by atoms with Crippen molar-refractivity contribution in [3.8, 4) is 5.75 Å². The monoisotopic (exact) mass is 255 g/mol. The minimum Gasteiger partial charge on any atom is -0.488 e. The Morgan fingerprint density at radius 1 is 1.59 bits per heavy atom. The lowest BCUT2D eigenvalue weighted by Gasteiger charge is -2.16. The molecule has 0 saturated carbocycles. The number of benzene rings is 1. The van der Waals surface area contributed by atoms with Gasteiger partial charge in [-0.25, -0.2) is 4.39 Å². The molecule has 2 nitrogen and oxygen atoms in total. The number of nitrogens with one attached hydrogen (secondary N) is 1. The van der Waals surface area contributed by atoms with E-state index in [1.54, 1.807) is 12.1 Å². The van der Waals surface area contributed by atoms with E-state index in [2.05, 4.69) is 18.5 Å². The van der Waals surface area contributed by atoms with E-state index in [9.17, 15) is 4.39 Å². The minimum atomic E-state index is -0.184. The maximum Gasteiger partial charge on any atom is 0.123 e. The Hall–Kier alpha value is -0.740. The first-order valence-electron chi connectivity index (χ1n) is 5.86. The zero-order valence-electron chi connectivity index (χ0n) is 10.2. The first-order chi connectivity index (χ1) is 8.19. The fraction of sp³-hybridized carbons (Fsp3) is 0.538. The van der Waals surface area contributed by atoms with E-state index in [0.29, 0.717) is 6.04 Å². The van der Waals surface area contributed by atoms with Gasteiger partial charge < -0.3 is 10.1 Å². The Balaban J connectivity index is 1.84. The first kappa shape index (κ1) is 12.7. The Morgan fingerprint density at radius 3 is 3.18 bits per heavy atom. The van der Waals surface area contributed by atoms with Crippen molar-refractivity contribution in [1.29, 1.82) is 0 Å². The van der Waals surface area contributed by atoms with E-state index in [0.717, 1.165) is 30.0 Å². The summed E-state index contributed by atoms with van der Waals surface area (Å²) >= 11 is 1.83. The Bertz CT molecular complexity index is 386. The zero-order chi connectivity index (χ0) is 12.3. The average molecular weight is 255 g/mol. The van der Waals surface area contributed by atoms with Crippen molar-refractivity contribution in [2.75, 3.05) is 18.6 Å². The smallest absolute Gasteiger partial charge is 0.123 e. The molecule has 0 radical (unpaired) electrons. The van der Waals surface area contributed by atoms with Gasteiger partial charge in [0.2, 0.25) is 0 Å². The third-order valence-corrected chi connectivity index (χ3v) is 3.71. The highest BCUT2D eigenvalue weighted by atomic mass is 32.2. The van der Waals surface area contributed by atoms with Gasteiger partial charge in [0, 0.05) is 30.3 Å². The van der Waals surface area contributed by atoms with Crippen molar-refractivity contribution in [2.24, 2.45) is 0 Å². The molecule has 2 atom stereocenters. The Morgan fingerprint density at radius 2 is 2.41 bits per heavy atom. The molecule has 1 aliphatic rings. The average Bonchev–Trinajstić information content (AvgIpc) is 2.68. The molecular formula is C13H18FNOS. The molecule has 2 rings (SSSR count). The van der Waals surface area contributed by atoms with Crippen LogP contribution >= 0.6 is 11.8 Å². The van der Waals surface area contributed by atoms with Crippen LogP contribution in [-0.4, -0.2) is 30.7 Å². The molecule has 0 aromatic heterocycles. The van der Waals surface area contributed by atoms with Crippen molar-refractivity contribution >= 4 is 11.8 Å². The van der Waals surface area contributed by atoms with Crippen LogP contribution in [0.1, 0.15) is 12.5 Å². The summed E-state index contributed by atoms with van der Waals surface area (Å²) in [5.74, 6) is 1.74. The first-order valence-corrected chi connectivity index (χ1v) is 7.26. The van der Waals surface area contributed by atoms with E-state index >= 15 is 0 Å². The number of hydrogen-bond donors (Lipinski definition) is 1. The Kier molecular flexibility index (Phi) is 4.29. The van der Waals surface area contributed by atoms with Crippen LogP contribution in [0, 0.1) is 5.82 Å². The molecule has 0 aliphatic carbocycles. The highest BCUT2D eigenvalue weighted by Crippen LogP contribution is 2.28. The molecule has 0 bridgehead atoms. The molecule has 1 aliphatic heterocycles. The summed E-state index contributed by atoms with van der Waals surface area (Å²) in [6, 6.07) is 5.22. The van der Waals surface area contributed by atoms with E-state index in [-0.39, 0.29) is 11.9 Å². The molecule has 17 heavy (non-hydrogen) atoms. The molecule has 1 N–H and O–H groups in total. The zero-order valence-corrected chi connectivity index (χ0v) is 11.0. The summed E-state index contributed by atoms with van der Waals surface area (Å²) in [5, 5.41) is 3.44. The van der Waals surface area contributed by atoms with Gasteiger partial charge in [-0.3, -0.25) is 0 Å². The van der Waals surface area contributed by atoms with Crippen molar-refractivity contribution in [2.45, 2.75) is 25.5 Å². The van der Waals surface area contributed by atoms with Crippen LogP contribution in [-0.2, 0) is 6.42 Å². The normalized spacial score (nSPS) is 19.8. The van der Waals surface area contributed by atoms with Crippen LogP contribution in [0.3, 0.4) is 0 Å². The van der Waals surface area contributed by atoms with Crippen LogP contribution in [0.2, 0.25) is 0 Å². The lowest BCUT2D eigenvalue weighted by molar-refractivity contribution is 0.224. The molecular weight excluding hydrogens is 237 g/mol. The van der Waals surface area contributed by atoms with E-state index in [4.69, 9.17) is 4.74 Å². The highest BCUT2D eigenvalue weighted by Gasteiger charge is 2.23. The van der Waals surface area contributed by atoms with Gasteiger partial charge in [0.25, 0.3) is 0 Å². The predicted octanol–water partition coefficient (Wildman–Crippen LogP) is 2.47. The molecule has 2 unspecified atom stereocenters. The SMILES string of the molecule is CSCC(C)NCC1Cc2cc(F)ccc2O1. The van der Waals surface area contributed by atoms with Crippen LogP contribution in [0.25, 0.3) is 0 Å². The quantitative estimate of drug-likeness (QED) is 0.873. The number of hydrogen-bond acceptors (Lipinski definition) is 3. The molecule has 4 heteroatoms. The molecule has 1 aromatic rings. The van der Waals surface area contributed by atoms with E-state index < -0.39 is 0 Å². The maximum atomic E-state index is 13.0. The molecule has 0 spiro atoms. The van der Waals surface area contributed by atoms with E-state index in [1.807, 2.05) is 11.8 Å². The van der Waals surface area contributed by atoms with Gasteiger partial charge in [-0.2, -0.15) is 11.8 Å². The fourth-order valence-electron chi connectivity index (χ4n) is 2.04. The van der Waals surface area contributed by atoms with Crippen molar-refractivity contribution in [1.82, 2.24) is 5.32 Å². The van der Waals surface area contributed by atoms with Gasteiger partial charge in [-0.15, -0.1) is 0 Å². The maximum absolute atomic E-state index is 13.0. The molecule has 1 heterocycles. The third kappa shape index (κ3) is 3.36. The van der Waals surface area contributed by atoms with Crippen molar-refractivity contribution in [3.63, 3.8) is 0 Å². The van der Waals surface area contributed by atoms with Gasteiger partial charge in [0.05, 0.1) is 0 Å². The predicted molar refractivity (Wildman–Crippen MR) is 70.4 cm³/mol. The van der Waals surface area contributed by atoms with Gasteiger partial charge >= 0.3 is 0 Å². The number of rotatable bonds is 5. The topological polar surface area (TPSA) is 21.3 Å². The van der Waals surface area contributed by atoms with Crippen molar-refractivity contribution < 1.29 is 9.13 Å². The molecule has 0 saturated heterocycles. The van der Waals surface area contributed by atoms with Gasteiger partial charge in [-0.05, 0) is 31.4 Å². The number of fused-ring (bicyclic) bond motifs is 1. The summed E-state index contributed by atoms with van der Waals surface area (Å²) in [7, 11) is 0. The fourth-order valence-corrected chi connectivity index (χ4v) is 2.66. The summed E-state index contributed by atoms with van der Waals surface area (Å²) in [5.41, 5.74) is 0.981. The summed E-state index contributed by atoms with van der Waals surface area (Å²) in [4.78, 5) is 0. The number of ether oxygens (including phenoxy) is 1. The largest absolute Gasteiger partial charge is 0.488 e. The lowest BCUT2D eigenvalue weighted by atomic mass is 10.1. The molecule has 0 fully saturated rings. The standard InChI is InChI=1S/C13H18FNOS/c1-9(8-17-2)15-7-12-6-10-5-11(14)3-4-13(10)16-12/h3-5,9,12,15H,6-8H2,1-2H3. The minimum absolute atomic E-state index is 0.135. The molecule has 0 amide bonds. The van der Waals surface area contributed by atoms with Gasteiger partial charge in [0.1, 0.15) is 17.7 Å². The van der Waals surface area contributed by atoms with Crippen molar-refractivity contribution in [3.05, 3.63) is 29.6 Å². The second-order valence-corrected chi connectivity index (χ2v) is 5.37. The number of thioether (sulfide) groups is 1. The van der Waals surface area contributed by atoms with Gasteiger partial charge in [-0.1, -0.05) is 0 Å². The van der Waals surface area contributed by atoms with Gasteiger partial charge in [0.15, 0.2) is 0 Å². The molecule has 94 valence electrons. The third-order valence-electron chi connectivity index (χ3n) is 2.87. The van der Waals surface area contributed by atoms with Crippen LogP contribution < -0.4 is 10.1 Å².